The fraction of sp³-hybridized carbons (Fsp3) is 0.389. The Morgan fingerprint density at radius 2 is 1.97 bits per heavy atom. The van der Waals surface area contributed by atoms with Crippen molar-refractivity contribution in [1.82, 2.24) is 10.2 Å². The summed E-state index contributed by atoms with van der Waals surface area (Å²) < 4.78 is 49.3. The molecule has 0 spiro atoms. The summed E-state index contributed by atoms with van der Waals surface area (Å²) in [5, 5.41) is 1.64. The lowest BCUT2D eigenvalue weighted by molar-refractivity contribution is -0.192. The first-order chi connectivity index (χ1) is 13.7. The molecule has 7 nitrogen and oxygen atoms in total. The molecular formula is C18H15F3N2O5S. The molecule has 0 aromatic heterocycles. The van der Waals surface area contributed by atoms with Gasteiger partial charge in [0, 0.05) is 13.1 Å². The van der Waals surface area contributed by atoms with E-state index in [1.807, 2.05) is 0 Å². The van der Waals surface area contributed by atoms with Gasteiger partial charge in [0.1, 0.15) is 5.41 Å². The van der Waals surface area contributed by atoms with Gasteiger partial charge in [-0.2, -0.15) is 13.2 Å². The van der Waals surface area contributed by atoms with Crippen molar-refractivity contribution in [1.29, 1.82) is 0 Å². The van der Waals surface area contributed by atoms with Crippen LogP contribution >= 0.6 is 11.8 Å². The smallest absolute Gasteiger partial charge is 0.403 e. The molecule has 0 unspecified atom stereocenters. The molecule has 1 aromatic carbocycles. The molecule has 29 heavy (non-hydrogen) atoms. The number of alkyl halides is 3. The zero-order chi connectivity index (χ0) is 20.8. The average Bonchev–Trinajstić information content (AvgIpc) is 3.30. The zero-order valence-corrected chi connectivity index (χ0v) is 15.7. The number of fused-ring (bicyclic) bond motifs is 1. The van der Waals surface area contributed by atoms with Gasteiger partial charge in [-0.05, 0) is 48.4 Å². The first kappa shape index (κ1) is 19.6. The van der Waals surface area contributed by atoms with Crippen LogP contribution in [0.1, 0.15) is 18.4 Å². The first-order valence-corrected chi connectivity index (χ1v) is 9.53. The van der Waals surface area contributed by atoms with Gasteiger partial charge >= 0.3 is 6.18 Å². The highest BCUT2D eigenvalue weighted by Gasteiger charge is 2.68. The Bertz CT molecular complexity index is 927. The molecule has 3 amide bonds. The molecule has 0 bridgehead atoms. The van der Waals surface area contributed by atoms with Crippen LogP contribution in [0.3, 0.4) is 0 Å². The normalized spacial score (nSPS) is 21.1. The van der Waals surface area contributed by atoms with Crippen LogP contribution in [0.5, 0.6) is 11.5 Å². The molecule has 0 radical (unpaired) electrons. The van der Waals surface area contributed by atoms with Crippen LogP contribution in [0, 0.1) is 5.41 Å². The fourth-order valence-electron chi connectivity index (χ4n) is 3.06. The molecule has 4 rings (SSSR count). The largest absolute Gasteiger partial charge is 0.454 e. The molecule has 2 fully saturated rings. The van der Waals surface area contributed by atoms with Crippen LogP contribution in [0.25, 0.3) is 6.08 Å². The number of carbonyl (C=O) groups is 3. The standard InChI is InChI=1S/C18H15F3N2O5S/c19-18(20,21)17(3-4-17)15(25)22-5-6-23-14(24)13(29-16(23)26)8-10-1-2-11-12(7-10)28-9-27-11/h1-2,7-8H,3-6,9H2,(H,22,25)/b13-8+. The zero-order valence-electron chi connectivity index (χ0n) is 14.9. The van der Waals surface area contributed by atoms with E-state index in [0.717, 1.165) is 16.7 Å². The van der Waals surface area contributed by atoms with Gasteiger partial charge in [-0.3, -0.25) is 19.3 Å². The summed E-state index contributed by atoms with van der Waals surface area (Å²) in [4.78, 5) is 37.5. The van der Waals surface area contributed by atoms with E-state index in [1.165, 1.54) is 6.08 Å². The summed E-state index contributed by atoms with van der Waals surface area (Å²) in [6.07, 6.45) is -3.58. The van der Waals surface area contributed by atoms with Crippen molar-refractivity contribution in [3.05, 3.63) is 28.7 Å². The predicted molar refractivity (Wildman–Crippen MR) is 96.0 cm³/mol. The molecule has 1 aromatic rings. The number of nitrogens with one attached hydrogen (secondary N) is 1. The van der Waals surface area contributed by atoms with E-state index in [1.54, 1.807) is 18.2 Å². The third kappa shape index (κ3) is 3.54. The summed E-state index contributed by atoms with van der Waals surface area (Å²) in [6, 6.07) is 5.05. The van der Waals surface area contributed by atoms with Gasteiger partial charge < -0.3 is 14.8 Å². The van der Waals surface area contributed by atoms with E-state index in [-0.39, 0.29) is 37.6 Å². The molecule has 11 heteroatoms. The highest BCUT2D eigenvalue weighted by molar-refractivity contribution is 8.18. The Labute approximate surface area is 167 Å². The van der Waals surface area contributed by atoms with E-state index in [4.69, 9.17) is 9.47 Å². The number of benzene rings is 1. The minimum atomic E-state index is -4.60. The van der Waals surface area contributed by atoms with Gasteiger partial charge in [0.25, 0.3) is 11.1 Å². The first-order valence-electron chi connectivity index (χ1n) is 8.71. The molecule has 3 aliphatic rings. The Balaban J connectivity index is 1.37. The number of hydrogen-bond donors (Lipinski definition) is 1. The van der Waals surface area contributed by atoms with Gasteiger partial charge in [0.05, 0.1) is 4.91 Å². The lowest BCUT2D eigenvalue weighted by Crippen LogP contribution is -2.44. The second-order valence-electron chi connectivity index (χ2n) is 6.78. The van der Waals surface area contributed by atoms with Crippen molar-refractivity contribution in [2.24, 2.45) is 5.41 Å². The molecule has 1 N–H and O–H groups in total. The van der Waals surface area contributed by atoms with Crippen molar-refractivity contribution in [3.63, 3.8) is 0 Å². The highest BCUT2D eigenvalue weighted by Crippen LogP contribution is 2.57. The summed E-state index contributed by atoms with van der Waals surface area (Å²) in [5.74, 6) is -0.575. The summed E-state index contributed by atoms with van der Waals surface area (Å²) in [7, 11) is 0. The quantitative estimate of drug-likeness (QED) is 0.726. The van der Waals surface area contributed by atoms with Crippen LogP contribution in [0.4, 0.5) is 18.0 Å². The van der Waals surface area contributed by atoms with Crippen molar-refractivity contribution >= 4 is 34.9 Å². The maximum absolute atomic E-state index is 12.9. The predicted octanol–water partition coefficient (Wildman–Crippen LogP) is 2.91. The van der Waals surface area contributed by atoms with Crippen LogP contribution < -0.4 is 14.8 Å². The second kappa shape index (κ2) is 6.97. The molecule has 2 aliphatic heterocycles. The van der Waals surface area contributed by atoms with Gasteiger partial charge in [0.15, 0.2) is 11.5 Å². The Morgan fingerprint density at radius 3 is 2.66 bits per heavy atom. The number of rotatable bonds is 5. The number of hydrogen-bond acceptors (Lipinski definition) is 6. The lowest BCUT2D eigenvalue weighted by Gasteiger charge is -2.19. The van der Waals surface area contributed by atoms with E-state index < -0.39 is 28.6 Å². The maximum Gasteiger partial charge on any atom is 0.403 e. The Morgan fingerprint density at radius 1 is 1.24 bits per heavy atom. The van der Waals surface area contributed by atoms with Crippen molar-refractivity contribution < 1.29 is 37.0 Å². The number of imide groups is 1. The lowest BCUT2D eigenvalue weighted by atomic mass is 10.1. The van der Waals surface area contributed by atoms with Gasteiger partial charge in [-0.25, -0.2) is 0 Å². The maximum atomic E-state index is 12.9. The minimum absolute atomic E-state index is 0.108. The van der Waals surface area contributed by atoms with Crippen molar-refractivity contribution in [3.8, 4) is 11.5 Å². The van der Waals surface area contributed by atoms with Crippen LogP contribution in [-0.2, 0) is 9.59 Å². The molecule has 1 saturated carbocycles. The van der Waals surface area contributed by atoms with Crippen molar-refractivity contribution in [2.45, 2.75) is 19.0 Å². The van der Waals surface area contributed by atoms with Gasteiger partial charge in [-0.15, -0.1) is 0 Å². The van der Waals surface area contributed by atoms with Crippen molar-refractivity contribution in [2.75, 3.05) is 19.9 Å². The number of amides is 3. The molecule has 154 valence electrons. The Kier molecular flexibility index (Phi) is 4.72. The molecule has 2 heterocycles. The van der Waals surface area contributed by atoms with E-state index in [9.17, 15) is 27.6 Å². The van der Waals surface area contributed by atoms with Crippen LogP contribution in [-0.4, -0.2) is 48.0 Å². The highest BCUT2D eigenvalue weighted by atomic mass is 32.2. The number of halogens is 3. The minimum Gasteiger partial charge on any atom is -0.454 e. The second-order valence-corrected chi connectivity index (χ2v) is 7.78. The molecule has 1 aliphatic carbocycles. The number of thioether (sulfide) groups is 1. The Hall–Kier alpha value is -2.69. The van der Waals surface area contributed by atoms with E-state index in [2.05, 4.69) is 5.32 Å². The average molecular weight is 428 g/mol. The molecule has 0 atom stereocenters. The topological polar surface area (TPSA) is 84.9 Å². The van der Waals surface area contributed by atoms with E-state index in [0.29, 0.717) is 17.1 Å². The fourth-order valence-corrected chi connectivity index (χ4v) is 3.93. The molecule has 1 saturated heterocycles. The number of carbonyl (C=O) groups excluding carboxylic acids is 3. The third-order valence-corrected chi connectivity index (χ3v) is 5.82. The van der Waals surface area contributed by atoms with Gasteiger partial charge in [0.2, 0.25) is 12.7 Å². The summed E-state index contributed by atoms with van der Waals surface area (Å²) in [6.45, 7) is -0.342. The summed E-state index contributed by atoms with van der Waals surface area (Å²) in [5.41, 5.74) is -1.69. The molecular weight excluding hydrogens is 413 g/mol. The van der Waals surface area contributed by atoms with Crippen LogP contribution in [0.2, 0.25) is 0 Å². The number of ether oxygens (including phenoxy) is 2. The van der Waals surface area contributed by atoms with Gasteiger partial charge in [-0.1, -0.05) is 6.07 Å². The summed E-state index contributed by atoms with van der Waals surface area (Å²) >= 11 is 0.725. The SMILES string of the molecule is O=C1S/C(=C/c2ccc3c(c2)OCO3)C(=O)N1CCNC(=O)C1(C(F)(F)F)CC1. The number of nitrogens with zero attached hydrogens (tertiary/aromatic N) is 1. The van der Waals surface area contributed by atoms with Crippen LogP contribution in [0.15, 0.2) is 23.1 Å². The monoisotopic (exact) mass is 428 g/mol. The van der Waals surface area contributed by atoms with E-state index >= 15 is 0 Å². The third-order valence-electron chi connectivity index (χ3n) is 4.92.